The predicted octanol–water partition coefficient (Wildman–Crippen LogP) is 5.96. The highest BCUT2D eigenvalue weighted by Crippen LogP contribution is 2.37. The van der Waals surface area contributed by atoms with Gasteiger partial charge in [0.05, 0.1) is 25.4 Å². The van der Waals surface area contributed by atoms with E-state index in [2.05, 4.69) is 19.9 Å². The van der Waals surface area contributed by atoms with Crippen LogP contribution in [-0.4, -0.2) is 39.6 Å². The van der Waals surface area contributed by atoms with E-state index in [0.29, 0.717) is 0 Å². The Bertz CT molecular complexity index is 2130. The molecule has 0 atom stereocenters. The molecular weight excluding hydrogens is 552 g/mol. The van der Waals surface area contributed by atoms with Crippen molar-refractivity contribution in [2.24, 2.45) is 0 Å². The first kappa shape index (κ1) is 25.7. The Hall–Kier alpha value is -6.58. The van der Waals surface area contributed by atoms with E-state index in [1.54, 1.807) is 0 Å². The van der Waals surface area contributed by atoms with Gasteiger partial charge in [0.15, 0.2) is 0 Å². The van der Waals surface area contributed by atoms with E-state index in [0.717, 1.165) is 0 Å². The Kier molecular flexibility index (Phi) is 5.85. The molecule has 4 aromatic rings. The number of fused-ring (bicyclic) bond motifs is 8. The number of hydrogen-bond acceptors (Lipinski definition) is 10. The summed E-state index contributed by atoms with van der Waals surface area (Å²) < 4.78 is 0. The van der Waals surface area contributed by atoms with Gasteiger partial charge in [0, 0.05) is 23.2 Å². The van der Waals surface area contributed by atoms with Gasteiger partial charge in [0.2, 0.25) is 0 Å². The Morgan fingerprint density at radius 2 is 1.19 bits per heavy atom. The molecule has 16 heteroatoms. The van der Waals surface area contributed by atoms with Crippen LogP contribution in [0.5, 0.6) is 0 Å². The van der Waals surface area contributed by atoms with E-state index in [-0.39, 0.29) is 61.7 Å². The summed E-state index contributed by atoms with van der Waals surface area (Å²) in [4.78, 5) is 59.4. The molecule has 0 spiro atoms. The molecule has 0 saturated carbocycles. The molecule has 6 rings (SSSR count). The molecule has 0 saturated heterocycles. The quantitative estimate of drug-likeness (QED) is 0.184. The van der Waals surface area contributed by atoms with Gasteiger partial charge in [0.1, 0.15) is 33.6 Å². The van der Waals surface area contributed by atoms with Gasteiger partial charge in [-0.3, -0.25) is 40.5 Å². The van der Waals surface area contributed by atoms with E-state index in [4.69, 9.17) is 0 Å². The summed E-state index contributed by atoms with van der Waals surface area (Å²) in [6.45, 7) is 0. The number of hydrogen-bond donors (Lipinski definition) is 2. The second kappa shape index (κ2) is 9.56. The lowest BCUT2D eigenvalue weighted by atomic mass is 10.1. The largest absolute Gasteiger partial charge is 0.349 e. The molecule has 8 bridgehead atoms. The normalized spacial score (nSPS) is 11.9. The lowest BCUT2D eigenvalue weighted by Gasteiger charge is -2.00. The zero-order valence-electron chi connectivity index (χ0n) is 20.9. The van der Waals surface area contributed by atoms with Crippen LogP contribution in [0.15, 0.2) is 48.5 Å². The lowest BCUT2D eigenvalue weighted by Crippen LogP contribution is -1.95. The monoisotopic (exact) mass is 566 g/mol. The first-order valence-corrected chi connectivity index (χ1v) is 12.0. The molecule has 3 aromatic heterocycles. The third-order valence-electron chi connectivity index (χ3n) is 6.52. The molecule has 0 radical (unpaired) electrons. The van der Waals surface area contributed by atoms with Crippen LogP contribution in [0.3, 0.4) is 0 Å². The molecule has 42 heavy (non-hydrogen) atoms. The lowest BCUT2D eigenvalue weighted by molar-refractivity contribution is -0.384. The zero-order valence-corrected chi connectivity index (χ0v) is 20.9. The van der Waals surface area contributed by atoms with Crippen LogP contribution in [0.4, 0.5) is 22.7 Å². The molecule has 5 heterocycles. The second-order valence-corrected chi connectivity index (χ2v) is 9.04. The van der Waals surface area contributed by atoms with Crippen molar-refractivity contribution in [3.63, 3.8) is 0 Å². The fourth-order valence-electron chi connectivity index (χ4n) is 4.77. The molecule has 0 fully saturated rings. The SMILES string of the molecule is O=[N+]([O-])c1cccc(-c2cc3cc4nc(c([N+](=O)[O-])c5ccc([nH]5)c([N+](=O)[O-])c5nc(c([N+](=O)[O-])c2[nH]3)C=C5)C=C4)c1. The van der Waals surface area contributed by atoms with Gasteiger partial charge >= 0.3 is 17.1 Å². The van der Waals surface area contributed by atoms with Crippen molar-refractivity contribution in [2.75, 3.05) is 0 Å². The Balaban J connectivity index is 1.82. The molecular formula is C26H14N8O8. The smallest absolute Gasteiger partial charge is 0.318 e. The van der Waals surface area contributed by atoms with Crippen LogP contribution in [0.1, 0.15) is 22.8 Å². The summed E-state index contributed by atoms with van der Waals surface area (Å²) in [5.74, 6) is 0. The van der Waals surface area contributed by atoms with Crippen LogP contribution in [0, 0.1) is 40.5 Å². The highest BCUT2D eigenvalue weighted by Gasteiger charge is 2.27. The number of non-ortho nitro benzene ring substituents is 1. The average molecular weight is 566 g/mol. The minimum Gasteiger partial charge on any atom is -0.349 e. The molecule has 1 aromatic carbocycles. The van der Waals surface area contributed by atoms with Crippen LogP contribution >= 0.6 is 0 Å². The van der Waals surface area contributed by atoms with Gasteiger partial charge in [-0.25, -0.2) is 9.97 Å². The Labute approximate surface area is 231 Å². The minimum absolute atomic E-state index is 0.0358. The van der Waals surface area contributed by atoms with Gasteiger partial charge in [-0.2, -0.15) is 0 Å². The van der Waals surface area contributed by atoms with Crippen LogP contribution < -0.4 is 0 Å². The molecule has 0 unspecified atom stereocenters. The summed E-state index contributed by atoms with van der Waals surface area (Å²) in [6, 6.07) is 11.1. The summed E-state index contributed by atoms with van der Waals surface area (Å²) >= 11 is 0. The maximum atomic E-state index is 12.4. The third-order valence-corrected chi connectivity index (χ3v) is 6.52. The number of nitro groups is 4. The van der Waals surface area contributed by atoms with Crippen molar-refractivity contribution < 1.29 is 19.7 Å². The highest BCUT2D eigenvalue weighted by atomic mass is 16.6. The second-order valence-electron chi connectivity index (χ2n) is 9.04. The maximum Gasteiger partial charge on any atom is 0.318 e. The van der Waals surface area contributed by atoms with Gasteiger partial charge < -0.3 is 9.97 Å². The summed E-state index contributed by atoms with van der Waals surface area (Å²) in [7, 11) is 0. The number of rotatable bonds is 5. The van der Waals surface area contributed by atoms with Crippen molar-refractivity contribution in [1.29, 1.82) is 0 Å². The molecule has 16 nitrogen and oxygen atoms in total. The number of nitro benzene ring substituents is 1. The number of nitrogens with one attached hydrogen (secondary N) is 2. The minimum atomic E-state index is -0.752. The number of benzene rings is 1. The summed E-state index contributed by atoms with van der Waals surface area (Å²) in [6.07, 6.45) is 5.35. The predicted molar refractivity (Wildman–Crippen MR) is 151 cm³/mol. The molecule has 2 aliphatic heterocycles. The van der Waals surface area contributed by atoms with Gasteiger partial charge in [-0.05, 0) is 54.1 Å². The standard InChI is InChI=1S/C26H14N8O8/c35-31(36)16-3-1-2-13(10-16)17-12-15-11-14-4-5-18(27-14)24(32(37)38)19-6-7-20(29-19)25(33(39)40)21-8-9-22(30-21)26(34(41)42)23(17)28-15/h1-12,28-29H. The third kappa shape index (κ3) is 4.30. The van der Waals surface area contributed by atoms with Crippen LogP contribution in [-0.2, 0) is 0 Å². The number of H-pyrrole nitrogens is 2. The number of nitrogens with zero attached hydrogens (tertiary/aromatic N) is 6. The van der Waals surface area contributed by atoms with Crippen molar-refractivity contribution >= 4 is 69.1 Å². The van der Waals surface area contributed by atoms with Crippen molar-refractivity contribution in [2.45, 2.75) is 0 Å². The van der Waals surface area contributed by atoms with Gasteiger partial charge in [0.25, 0.3) is 5.69 Å². The molecule has 0 amide bonds. The zero-order chi connectivity index (χ0) is 29.7. The van der Waals surface area contributed by atoms with Crippen molar-refractivity contribution in [1.82, 2.24) is 19.9 Å². The van der Waals surface area contributed by atoms with Crippen molar-refractivity contribution in [3.05, 3.63) is 112 Å². The number of aromatic amines is 2. The average Bonchev–Trinajstić information content (AvgIpc) is 3.74. The Morgan fingerprint density at radius 3 is 1.81 bits per heavy atom. The van der Waals surface area contributed by atoms with E-state index >= 15 is 0 Å². The highest BCUT2D eigenvalue weighted by molar-refractivity contribution is 5.96. The number of aromatic nitrogens is 4. The van der Waals surface area contributed by atoms with Gasteiger partial charge in [-0.1, -0.05) is 12.1 Å². The topological polar surface area (TPSA) is 230 Å². The van der Waals surface area contributed by atoms with E-state index in [1.165, 1.54) is 72.8 Å². The maximum absolute atomic E-state index is 12.4. The molecule has 206 valence electrons. The molecule has 2 aliphatic rings. The fourth-order valence-corrected chi connectivity index (χ4v) is 4.77. The molecule has 0 aliphatic carbocycles. The fraction of sp³-hybridized carbons (Fsp3) is 0. The summed E-state index contributed by atoms with van der Waals surface area (Å²) in [5.41, 5.74) is -1.49. The van der Waals surface area contributed by atoms with Gasteiger partial charge in [-0.15, -0.1) is 0 Å². The first-order valence-electron chi connectivity index (χ1n) is 12.0. The molecule has 2 N–H and O–H groups in total. The van der Waals surface area contributed by atoms with E-state index < -0.39 is 36.8 Å². The van der Waals surface area contributed by atoms with Crippen LogP contribution in [0.2, 0.25) is 0 Å². The van der Waals surface area contributed by atoms with E-state index in [9.17, 15) is 40.5 Å². The van der Waals surface area contributed by atoms with Crippen molar-refractivity contribution in [3.8, 4) is 11.1 Å². The summed E-state index contributed by atoms with van der Waals surface area (Å²) in [5, 5.41) is 48.0. The van der Waals surface area contributed by atoms with Crippen LogP contribution in [0.25, 0.3) is 57.5 Å². The Morgan fingerprint density at radius 1 is 0.595 bits per heavy atom. The first-order chi connectivity index (χ1) is 20.1. The van der Waals surface area contributed by atoms with E-state index in [1.807, 2.05) is 0 Å².